The average Bonchev–Trinajstić information content (AvgIpc) is 3.87. The summed E-state index contributed by atoms with van der Waals surface area (Å²) in [6.07, 6.45) is 33.4. The number of allylic oxidation sites excluding steroid dienone is 11. The van der Waals surface area contributed by atoms with Crippen LogP contribution in [-0.4, -0.2) is 49.2 Å². The molecule has 0 amide bonds. The molecule has 0 unspecified atom stereocenters. The van der Waals surface area contributed by atoms with E-state index in [2.05, 4.69) is 94.5 Å². The highest BCUT2D eigenvalue weighted by Crippen LogP contribution is 2.59. The van der Waals surface area contributed by atoms with E-state index in [0.29, 0.717) is 6.42 Å². The van der Waals surface area contributed by atoms with Gasteiger partial charge in [-0.2, -0.15) is 0 Å². The molecular formula is C36H54O5. The fourth-order valence-electron chi connectivity index (χ4n) is 6.00. The van der Waals surface area contributed by atoms with Crippen molar-refractivity contribution in [3.8, 4) is 0 Å². The Morgan fingerprint density at radius 1 is 0.927 bits per heavy atom. The maximum Gasteiger partial charge on any atom is 0.306 e. The maximum atomic E-state index is 12.7. The lowest BCUT2D eigenvalue weighted by Crippen LogP contribution is -2.55. The number of hydrogen-bond acceptors (Lipinski definition) is 5. The third-order valence-corrected chi connectivity index (χ3v) is 8.48. The first-order chi connectivity index (χ1) is 19.9. The van der Waals surface area contributed by atoms with Gasteiger partial charge in [0.2, 0.25) is 0 Å². The van der Waals surface area contributed by atoms with Crippen molar-refractivity contribution in [2.75, 3.05) is 13.7 Å². The van der Waals surface area contributed by atoms with Crippen LogP contribution in [0.1, 0.15) is 98.3 Å². The summed E-state index contributed by atoms with van der Waals surface area (Å²) in [5.74, 6) is -0.0890. The smallest absolute Gasteiger partial charge is 0.306 e. The molecule has 2 heterocycles. The predicted octanol–water partition coefficient (Wildman–Crippen LogP) is 8.53. The Labute approximate surface area is 249 Å². The van der Waals surface area contributed by atoms with E-state index >= 15 is 0 Å². The van der Waals surface area contributed by atoms with E-state index in [1.54, 1.807) is 7.11 Å². The number of carbonyl (C=O) groups is 1. The molecule has 6 atom stereocenters. The SMILES string of the molecule is CCCC/C=C/C=C/C=C/CC/C=C/C=C/CCCC(=O)O[C@@H]1CC[C@]2(CO2)[C@@H]([C@@]2(C)O[C@@H]2CC=C(C)C)[C@@H]1OC. The summed E-state index contributed by atoms with van der Waals surface area (Å²) in [4.78, 5) is 12.7. The van der Waals surface area contributed by atoms with Crippen LogP contribution in [0, 0.1) is 5.92 Å². The third kappa shape index (κ3) is 10.5. The number of rotatable bonds is 18. The number of ether oxygens (including phenoxy) is 4. The Morgan fingerprint density at radius 2 is 1.54 bits per heavy atom. The minimum Gasteiger partial charge on any atom is -0.460 e. The number of methoxy groups -OCH3 is 1. The molecular weight excluding hydrogens is 512 g/mol. The minimum absolute atomic E-state index is 0.0567. The van der Waals surface area contributed by atoms with E-state index in [1.807, 2.05) is 0 Å². The Bertz CT molecular complexity index is 978. The molecule has 0 aromatic carbocycles. The molecule has 0 aromatic rings. The standard InChI is InChI=1S/C36H54O5/c1-6-7-8-9-10-11-12-13-14-15-16-17-18-19-20-21-22-23-32(37)40-30-26-27-36(28-39-36)34(33(30)38-5)35(4)31(41-35)25-24-29(2)3/h9-14,17-20,24,30-31,33-34H,6-8,15-16,21-23,25-28H2,1-5H3/b10-9+,12-11+,14-13+,18-17+,20-19+/t30-,31-,33-,34-,35+,36+/m1/s1. The second-order valence-electron chi connectivity index (χ2n) is 12.1. The van der Waals surface area contributed by atoms with Crippen LogP contribution in [0.4, 0.5) is 0 Å². The van der Waals surface area contributed by atoms with Gasteiger partial charge >= 0.3 is 5.97 Å². The Kier molecular flexibility index (Phi) is 13.8. The van der Waals surface area contributed by atoms with Gasteiger partial charge in [-0.25, -0.2) is 0 Å². The summed E-state index contributed by atoms with van der Waals surface area (Å²) < 4.78 is 24.2. The molecule has 0 aromatic heterocycles. The summed E-state index contributed by atoms with van der Waals surface area (Å²) in [5.41, 5.74) is 0.780. The number of hydrogen-bond donors (Lipinski definition) is 0. The van der Waals surface area contributed by atoms with Crippen LogP contribution in [0.3, 0.4) is 0 Å². The van der Waals surface area contributed by atoms with Gasteiger partial charge in [-0.3, -0.25) is 4.79 Å². The van der Waals surface area contributed by atoms with Crippen molar-refractivity contribution in [1.29, 1.82) is 0 Å². The van der Waals surface area contributed by atoms with Gasteiger partial charge in [0.15, 0.2) is 0 Å². The normalized spacial score (nSPS) is 31.3. The summed E-state index contributed by atoms with van der Waals surface area (Å²) in [5, 5.41) is 0. The van der Waals surface area contributed by atoms with Crippen molar-refractivity contribution in [1.82, 2.24) is 0 Å². The van der Waals surface area contributed by atoms with Gasteiger partial charge in [0.25, 0.3) is 0 Å². The highest BCUT2D eigenvalue weighted by atomic mass is 16.6. The molecule has 2 aliphatic heterocycles. The fraction of sp³-hybridized carbons (Fsp3) is 0.639. The molecule has 41 heavy (non-hydrogen) atoms. The van der Waals surface area contributed by atoms with Crippen LogP contribution >= 0.6 is 0 Å². The second kappa shape index (κ2) is 17.0. The molecule has 0 bridgehead atoms. The van der Waals surface area contributed by atoms with Crippen LogP contribution in [0.5, 0.6) is 0 Å². The van der Waals surface area contributed by atoms with Crippen LogP contribution in [-0.2, 0) is 23.7 Å². The molecule has 3 fully saturated rings. The summed E-state index contributed by atoms with van der Waals surface area (Å²) in [6, 6.07) is 0. The van der Waals surface area contributed by atoms with E-state index in [4.69, 9.17) is 18.9 Å². The maximum absolute atomic E-state index is 12.7. The van der Waals surface area contributed by atoms with Gasteiger partial charge in [0.05, 0.1) is 18.6 Å². The van der Waals surface area contributed by atoms with Gasteiger partial charge in [0, 0.05) is 13.5 Å². The van der Waals surface area contributed by atoms with E-state index in [9.17, 15) is 4.79 Å². The Hall–Kier alpha value is -2.21. The van der Waals surface area contributed by atoms with Crippen molar-refractivity contribution in [2.24, 2.45) is 5.92 Å². The van der Waals surface area contributed by atoms with Crippen molar-refractivity contribution in [3.05, 3.63) is 72.4 Å². The van der Waals surface area contributed by atoms with Crippen LogP contribution in [0.15, 0.2) is 72.4 Å². The number of unbranched alkanes of at least 4 members (excludes halogenated alkanes) is 4. The lowest BCUT2D eigenvalue weighted by Gasteiger charge is -2.42. The zero-order valence-electron chi connectivity index (χ0n) is 26.2. The van der Waals surface area contributed by atoms with Crippen molar-refractivity contribution < 1.29 is 23.7 Å². The van der Waals surface area contributed by atoms with Crippen molar-refractivity contribution in [3.63, 3.8) is 0 Å². The largest absolute Gasteiger partial charge is 0.460 e. The van der Waals surface area contributed by atoms with E-state index < -0.39 is 0 Å². The number of carbonyl (C=O) groups excluding carboxylic acids is 1. The van der Waals surface area contributed by atoms with E-state index in [-0.39, 0.29) is 41.4 Å². The van der Waals surface area contributed by atoms with Crippen molar-refractivity contribution >= 4 is 5.97 Å². The van der Waals surface area contributed by atoms with Crippen LogP contribution in [0.2, 0.25) is 0 Å². The zero-order valence-corrected chi connectivity index (χ0v) is 26.2. The molecule has 1 saturated carbocycles. The zero-order chi connectivity index (χ0) is 29.6. The molecule has 3 aliphatic rings. The highest BCUT2D eigenvalue weighted by Gasteiger charge is 2.72. The number of epoxide rings is 2. The van der Waals surface area contributed by atoms with Gasteiger partial charge in [-0.1, -0.05) is 92.2 Å². The van der Waals surface area contributed by atoms with Gasteiger partial charge in [0.1, 0.15) is 23.4 Å². The molecule has 228 valence electrons. The van der Waals surface area contributed by atoms with E-state index in [0.717, 1.165) is 58.0 Å². The first-order valence-electron chi connectivity index (χ1n) is 15.8. The summed E-state index contributed by atoms with van der Waals surface area (Å²) in [7, 11) is 1.72. The summed E-state index contributed by atoms with van der Waals surface area (Å²) in [6.45, 7) is 9.34. The Morgan fingerprint density at radius 3 is 2.12 bits per heavy atom. The molecule has 1 aliphatic carbocycles. The third-order valence-electron chi connectivity index (χ3n) is 8.48. The average molecular weight is 567 g/mol. The fourth-order valence-corrected chi connectivity index (χ4v) is 6.00. The molecule has 5 nitrogen and oxygen atoms in total. The first-order valence-corrected chi connectivity index (χ1v) is 15.8. The summed E-state index contributed by atoms with van der Waals surface area (Å²) >= 11 is 0. The second-order valence-corrected chi connectivity index (χ2v) is 12.1. The molecule has 0 N–H and O–H groups in total. The van der Waals surface area contributed by atoms with Gasteiger partial charge < -0.3 is 18.9 Å². The van der Waals surface area contributed by atoms with Crippen molar-refractivity contribution in [2.45, 2.75) is 128 Å². The predicted molar refractivity (Wildman–Crippen MR) is 168 cm³/mol. The van der Waals surface area contributed by atoms with Gasteiger partial charge in [-0.15, -0.1) is 0 Å². The van der Waals surface area contributed by atoms with Gasteiger partial charge in [-0.05, 0) is 72.1 Å². The molecule has 5 heteroatoms. The minimum atomic E-state index is -0.314. The molecule has 2 saturated heterocycles. The van der Waals surface area contributed by atoms with Crippen LogP contribution < -0.4 is 0 Å². The lowest BCUT2D eigenvalue weighted by molar-refractivity contribution is -0.171. The van der Waals surface area contributed by atoms with Crippen LogP contribution in [0.25, 0.3) is 0 Å². The van der Waals surface area contributed by atoms with E-state index in [1.165, 1.54) is 18.4 Å². The lowest BCUT2D eigenvalue weighted by atomic mass is 9.68. The highest BCUT2D eigenvalue weighted by molar-refractivity contribution is 5.69. The first kappa shape index (κ1) is 33.3. The molecule has 3 rings (SSSR count). The monoisotopic (exact) mass is 566 g/mol. The number of esters is 1. The quantitative estimate of drug-likeness (QED) is 0.0547. The Balaban J connectivity index is 1.33. The topological polar surface area (TPSA) is 60.6 Å². The molecule has 1 spiro atoms. The molecule has 0 radical (unpaired) electrons.